The van der Waals surface area contributed by atoms with Gasteiger partial charge in [0.05, 0.1) is 63.2 Å². The average molecular weight is 591 g/mol. The molecule has 4 rings (SSSR count). The fraction of sp³-hybridized carbons (Fsp3) is 0.467. The predicted molar refractivity (Wildman–Crippen MR) is 151 cm³/mol. The zero-order valence-electron chi connectivity index (χ0n) is 24.6. The van der Waals surface area contributed by atoms with Crippen LogP contribution in [0.25, 0.3) is 6.08 Å². The normalized spacial score (nSPS) is 18.6. The number of carbonyl (C=O) groups is 1. The average Bonchev–Trinajstić information content (AvgIpc) is 3.15. The maximum atomic E-state index is 13.7. The molecule has 0 atom stereocenters. The summed E-state index contributed by atoms with van der Waals surface area (Å²) in [5.74, 6) is -0.423. The number of non-ortho nitro benzene ring substituents is 1. The van der Waals surface area contributed by atoms with Gasteiger partial charge in [-0.2, -0.15) is 4.58 Å². The van der Waals surface area contributed by atoms with Crippen molar-refractivity contribution in [1.82, 2.24) is 4.90 Å². The Morgan fingerprint density at radius 2 is 1.50 bits per heavy atom. The largest absolute Gasteiger partial charge is 1.00 e. The maximum Gasteiger partial charge on any atom is 1.00 e. The van der Waals surface area contributed by atoms with Crippen LogP contribution in [0, 0.1) is 10.1 Å². The summed E-state index contributed by atoms with van der Waals surface area (Å²) in [6.07, 6.45) is 3.37. The van der Waals surface area contributed by atoms with E-state index in [4.69, 9.17) is 18.9 Å². The van der Waals surface area contributed by atoms with Crippen LogP contribution in [0.1, 0.15) is 25.0 Å². The standard InChI is InChI=1S/C30H37N3O8.Na/c1-30(2)25-5-3-4-6-26(25)32(28(30)10-7-23-21-24(33(36)37)8-9-27(23)34)22-29(35)31-11-13-38-15-17-40-19-20-41-18-16-39-14-12-31;/h3-10,21H,11-20,22H2,1-2H3;/q;+1. The topological polar surface area (TPSA) is 126 Å². The second-order valence-electron chi connectivity index (χ2n) is 10.3. The van der Waals surface area contributed by atoms with Gasteiger partial charge in [-0.25, -0.2) is 0 Å². The Hall–Kier alpha value is -2.64. The molecule has 2 aromatic rings. The second kappa shape index (κ2) is 16.3. The maximum absolute atomic E-state index is 13.7. The Balaban J connectivity index is 0.00000484. The Morgan fingerprint density at radius 3 is 2.10 bits per heavy atom. The van der Waals surface area contributed by atoms with Gasteiger partial charge in [0.25, 0.3) is 11.6 Å². The molecule has 0 radical (unpaired) electrons. The summed E-state index contributed by atoms with van der Waals surface area (Å²) in [4.78, 5) is 26.2. The van der Waals surface area contributed by atoms with E-state index in [9.17, 15) is 20.0 Å². The van der Waals surface area contributed by atoms with E-state index in [0.29, 0.717) is 65.9 Å². The van der Waals surface area contributed by atoms with Crippen LogP contribution in [-0.4, -0.2) is 98.5 Å². The monoisotopic (exact) mass is 590 g/mol. The molecule has 12 heteroatoms. The van der Waals surface area contributed by atoms with Gasteiger partial charge in [-0.1, -0.05) is 24.3 Å². The number of allylic oxidation sites excluding steroid dienone is 1. The second-order valence-corrected chi connectivity index (χ2v) is 10.3. The molecule has 11 nitrogen and oxygen atoms in total. The zero-order chi connectivity index (χ0) is 29.2. The van der Waals surface area contributed by atoms with Crippen LogP contribution in [0.3, 0.4) is 0 Å². The van der Waals surface area contributed by atoms with Gasteiger partial charge in [0.15, 0.2) is 5.71 Å². The smallest absolute Gasteiger partial charge is 0.872 e. The summed E-state index contributed by atoms with van der Waals surface area (Å²) in [6.45, 7) is 8.43. The van der Waals surface area contributed by atoms with Gasteiger partial charge in [0.2, 0.25) is 12.2 Å². The molecular weight excluding hydrogens is 553 g/mol. The van der Waals surface area contributed by atoms with Crippen molar-refractivity contribution < 1.29 is 67.9 Å². The van der Waals surface area contributed by atoms with Crippen molar-refractivity contribution in [2.75, 3.05) is 72.5 Å². The van der Waals surface area contributed by atoms with Crippen LogP contribution in [0.2, 0.25) is 0 Å². The summed E-state index contributed by atoms with van der Waals surface area (Å²) >= 11 is 0. The van der Waals surface area contributed by atoms with Gasteiger partial charge in [-0.05, 0) is 25.5 Å². The van der Waals surface area contributed by atoms with E-state index < -0.39 is 10.3 Å². The van der Waals surface area contributed by atoms with Gasteiger partial charge in [-0.15, -0.1) is 5.75 Å². The number of amides is 1. The van der Waals surface area contributed by atoms with Crippen molar-refractivity contribution in [3.8, 4) is 5.75 Å². The number of para-hydroxylation sites is 1. The quantitative estimate of drug-likeness (QED) is 0.201. The fourth-order valence-corrected chi connectivity index (χ4v) is 4.97. The van der Waals surface area contributed by atoms with E-state index in [2.05, 4.69) is 13.8 Å². The SMILES string of the molecule is CC1(C)C(/C=C/c2cc([N+](=O)[O-])ccc2[O-])=[N+](CC(=O)N2CCOCCOCCOCCOCC2)c2ccccc21.[Na+]. The summed E-state index contributed by atoms with van der Waals surface area (Å²) < 4.78 is 24.3. The van der Waals surface area contributed by atoms with Gasteiger partial charge in [-0.3, -0.25) is 14.9 Å². The molecule has 0 bridgehead atoms. The molecule has 2 aliphatic rings. The number of benzene rings is 2. The molecular formula is C30H37N3NaO8+. The van der Waals surface area contributed by atoms with Crippen molar-refractivity contribution in [3.05, 3.63) is 69.8 Å². The van der Waals surface area contributed by atoms with Crippen LogP contribution in [0.15, 0.2) is 48.5 Å². The molecule has 2 heterocycles. The molecule has 0 aromatic heterocycles. The Morgan fingerprint density at radius 1 is 0.929 bits per heavy atom. The molecule has 0 aliphatic carbocycles. The first-order chi connectivity index (χ1) is 19.8. The number of carbonyl (C=O) groups excluding carboxylic acids is 1. The number of nitro groups is 1. The first kappa shape index (κ1) is 33.9. The number of nitro benzene ring substituents is 1. The molecule has 1 saturated heterocycles. The van der Waals surface area contributed by atoms with E-state index >= 15 is 0 Å². The minimum Gasteiger partial charge on any atom is -0.872 e. The van der Waals surface area contributed by atoms with Gasteiger partial charge < -0.3 is 29.0 Å². The van der Waals surface area contributed by atoms with Gasteiger partial charge in [0.1, 0.15) is 0 Å². The number of fused-ring (bicyclic) bond motifs is 1. The van der Waals surface area contributed by atoms with Crippen molar-refractivity contribution in [2.24, 2.45) is 0 Å². The summed E-state index contributed by atoms with van der Waals surface area (Å²) in [7, 11) is 0. The summed E-state index contributed by atoms with van der Waals surface area (Å²) in [5.41, 5.74) is 2.30. The zero-order valence-corrected chi connectivity index (χ0v) is 26.6. The molecule has 0 saturated carbocycles. The number of nitrogens with zero attached hydrogens (tertiary/aromatic N) is 3. The predicted octanol–water partition coefficient (Wildman–Crippen LogP) is -0.329. The van der Waals surface area contributed by atoms with Gasteiger partial charge in [0, 0.05) is 42.9 Å². The molecule has 0 N–H and O–H groups in total. The van der Waals surface area contributed by atoms with Crippen LogP contribution < -0.4 is 34.7 Å². The van der Waals surface area contributed by atoms with Crippen LogP contribution in [0.5, 0.6) is 5.75 Å². The molecule has 1 amide bonds. The third-order valence-corrected chi connectivity index (χ3v) is 7.20. The van der Waals surface area contributed by atoms with E-state index in [-0.39, 0.29) is 59.0 Å². The molecule has 220 valence electrons. The van der Waals surface area contributed by atoms with Crippen molar-refractivity contribution in [2.45, 2.75) is 19.3 Å². The van der Waals surface area contributed by atoms with E-state index in [0.717, 1.165) is 17.0 Å². The summed E-state index contributed by atoms with van der Waals surface area (Å²) in [6, 6.07) is 11.5. The molecule has 0 spiro atoms. The summed E-state index contributed by atoms with van der Waals surface area (Å²) in [5, 5.41) is 23.7. The Kier molecular flexibility index (Phi) is 13.1. The number of rotatable bonds is 5. The van der Waals surface area contributed by atoms with Crippen molar-refractivity contribution >= 4 is 29.1 Å². The first-order valence-electron chi connectivity index (χ1n) is 13.8. The van der Waals surface area contributed by atoms with Crippen LogP contribution in [-0.2, 0) is 29.2 Å². The van der Waals surface area contributed by atoms with Crippen molar-refractivity contribution in [3.63, 3.8) is 0 Å². The van der Waals surface area contributed by atoms with Crippen molar-refractivity contribution in [1.29, 1.82) is 0 Å². The van der Waals surface area contributed by atoms with Gasteiger partial charge >= 0.3 is 29.6 Å². The minimum absolute atomic E-state index is 0. The molecule has 0 unspecified atom stereocenters. The number of hydrogen-bond acceptors (Lipinski definition) is 8. The third kappa shape index (κ3) is 8.70. The minimum atomic E-state index is -0.528. The molecule has 42 heavy (non-hydrogen) atoms. The van der Waals surface area contributed by atoms with E-state index in [1.54, 1.807) is 17.1 Å². The fourth-order valence-electron chi connectivity index (χ4n) is 4.97. The van der Waals surface area contributed by atoms with E-state index in [1.807, 2.05) is 28.8 Å². The Bertz CT molecular complexity index is 1280. The van der Waals surface area contributed by atoms with Crippen LogP contribution >= 0.6 is 0 Å². The molecule has 2 aliphatic heterocycles. The number of hydrogen-bond donors (Lipinski definition) is 0. The molecule has 2 aromatic carbocycles. The number of ether oxygens (including phenoxy) is 4. The van der Waals surface area contributed by atoms with E-state index in [1.165, 1.54) is 18.2 Å². The van der Waals surface area contributed by atoms with Crippen LogP contribution in [0.4, 0.5) is 11.4 Å². The third-order valence-electron chi connectivity index (χ3n) is 7.20. The first-order valence-corrected chi connectivity index (χ1v) is 13.8. The molecule has 1 fully saturated rings. The Labute approximate surface area is 268 Å².